The Morgan fingerprint density at radius 1 is 1.30 bits per heavy atom. The maximum absolute atomic E-state index is 12.8. The van der Waals surface area contributed by atoms with Crippen LogP contribution in [0.1, 0.15) is 24.9 Å². The van der Waals surface area contributed by atoms with Gasteiger partial charge in [-0.05, 0) is 30.7 Å². The standard InChI is InChI=1S/C15H16FN3O4/c1-9(10-2-4-11(16)5-3-10)17-14(21)8-23-15(22)12-6-7-13(20)19-18-12/h2-6,9,18H,7-8H2,1H3,(H,17,21)(H,19,20)/t9-/m0/s1. The highest BCUT2D eigenvalue weighted by atomic mass is 19.1. The van der Waals surface area contributed by atoms with E-state index in [4.69, 9.17) is 4.74 Å². The summed E-state index contributed by atoms with van der Waals surface area (Å²) in [6.07, 6.45) is 1.44. The first-order valence-corrected chi connectivity index (χ1v) is 6.92. The molecule has 0 bridgehead atoms. The fourth-order valence-electron chi connectivity index (χ4n) is 1.90. The molecule has 1 atom stereocenters. The summed E-state index contributed by atoms with van der Waals surface area (Å²) in [5.41, 5.74) is 5.45. The van der Waals surface area contributed by atoms with Crippen molar-refractivity contribution in [1.82, 2.24) is 16.2 Å². The van der Waals surface area contributed by atoms with Crippen LogP contribution in [-0.4, -0.2) is 24.4 Å². The summed E-state index contributed by atoms with van der Waals surface area (Å²) in [4.78, 5) is 34.4. The van der Waals surface area contributed by atoms with Crippen molar-refractivity contribution >= 4 is 17.8 Å². The zero-order valence-electron chi connectivity index (χ0n) is 12.4. The van der Waals surface area contributed by atoms with Gasteiger partial charge in [-0.3, -0.25) is 20.4 Å². The molecule has 0 saturated heterocycles. The van der Waals surface area contributed by atoms with Crippen LogP contribution in [0.4, 0.5) is 4.39 Å². The summed E-state index contributed by atoms with van der Waals surface area (Å²) in [5, 5.41) is 2.63. The second-order valence-corrected chi connectivity index (χ2v) is 4.91. The molecule has 0 radical (unpaired) electrons. The summed E-state index contributed by atoms with van der Waals surface area (Å²) in [7, 11) is 0. The number of carbonyl (C=O) groups is 3. The molecule has 0 spiro atoms. The third-order valence-electron chi connectivity index (χ3n) is 3.13. The average Bonchev–Trinajstić information content (AvgIpc) is 2.54. The van der Waals surface area contributed by atoms with Gasteiger partial charge < -0.3 is 10.1 Å². The summed E-state index contributed by atoms with van der Waals surface area (Å²) < 4.78 is 17.7. The van der Waals surface area contributed by atoms with Crippen molar-refractivity contribution in [3.05, 3.63) is 47.4 Å². The predicted molar refractivity (Wildman–Crippen MR) is 77.9 cm³/mol. The van der Waals surface area contributed by atoms with Gasteiger partial charge in [-0.25, -0.2) is 9.18 Å². The fraction of sp³-hybridized carbons (Fsp3) is 0.267. The number of halogens is 1. The molecule has 0 saturated carbocycles. The number of hydrazine groups is 1. The summed E-state index contributed by atoms with van der Waals surface area (Å²) in [6.45, 7) is 1.27. The average molecular weight is 321 g/mol. The summed E-state index contributed by atoms with van der Waals surface area (Å²) in [5.74, 6) is -1.86. The van der Waals surface area contributed by atoms with Crippen LogP contribution in [-0.2, 0) is 19.1 Å². The van der Waals surface area contributed by atoms with Gasteiger partial charge in [0.05, 0.1) is 6.04 Å². The first-order chi connectivity index (χ1) is 11.0. The smallest absolute Gasteiger partial charge is 0.356 e. The number of nitrogens with one attached hydrogen (secondary N) is 3. The van der Waals surface area contributed by atoms with Crippen molar-refractivity contribution in [3.8, 4) is 0 Å². The first-order valence-electron chi connectivity index (χ1n) is 6.92. The quantitative estimate of drug-likeness (QED) is 0.685. The number of esters is 1. The lowest BCUT2D eigenvalue weighted by Gasteiger charge is -2.16. The zero-order valence-corrected chi connectivity index (χ0v) is 12.4. The zero-order chi connectivity index (χ0) is 16.8. The van der Waals surface area contributed by atoms with Crippen LogP contribution in [0, 0.1) is 5.82 Å². The minimum absolute atomic E-state index is 0.0607. The van der Waals surface area contributed by atoms with Crippen LogP contribution in [0.3, 0.4) is 0 Å². The molecule has 2 rings (SSSR count). The maximum Gasteiger partial charge on any atom is 0.356 e. The molecule has 1 aromatic rings. The minimum Gasteiger partial charge on any atom is -0.451 e. The van der Waals surface area contributed by atoms with Gasteiger partial charge >= 0.3 is 5.97 Å². The molecule has 0 aromatic heterocycles. The Morgan fingerprint density at radius 3 is 2.61 bits per heavy atom. The third kappa shape index (κ3) is 4.80. The number of ether oxygens (including phenoxy) is 1. The predicted octanol–water partition coefficient (Wildman–Crippen LogP) is 0.455. The highest BCUT2D eigenvalue weighted by Gasteiger charge is 2.18. The Labute approximate surface area is 131 Å². The van der Waals surface area contributed by atoms with Crippen molar-refractivity contribution in [2.75, 3.05) is 6.61 Å². The number of benzene rings is 1. The Kier molecular flexibility index (Phi) is 5.29. The molecular formula is C15H16FN3O4. The van der Waals surface area contributed by atoms with E-state index in [1.165, 1.54) is 18.2 Å². The highest BCUT2D eigenvalue weighted by molar-refractivity contribution is 5.92. The number of hydrogen-bond donors (Lipinski definition) is 3. The molecule has 1 aliphatic rings. The normalized spacial score (nSPS) is 14.9. The minimum atomic E-state index is -0.741. The molecule has 3 N–H and O–H groups in total. The van der Waals surface area contributed by atoms with Crippen LogP contribution in [0.5, 0.6) is 0 Å². The van der Waals surface area contributed by atoms with Gasteiger partial charge in [0.2, 0.25) is 5.91 Å². The van der Waals surface area contributed by atoms with E-state index in [2.05, 4.69) is 16.2 Å². The van der Waals surface area contributed by atoms with Crippen LogP contribution >= 0.6 is 0 Å². The molecule has 2 amide bonds. The Morgan fingerprint density at radius 2 is 2.00 bits per heavy atom. The van der Waals surface area contributed by atoms with Crippen LogP contribution in [0.2, 0.25) is 0 Å². The molecule has 122 valence electrons. The lowest BCUT2D eigenvalue weighted by molar-refractivity contribution is -0.145. The van der Waals surface area contributed by atoms with E-state index in [-0.39, 0.29) is 29.9 Å². The monoisotopic (exact) mass is 321 g/mol. The Hall–Kier alpha value is -2.90. The van der Waals surface area contributed by atoms with Gasteiger partial charge in [-0.1, -0.05) is 12.1 Å². The van der Waals surface area contributed by atoms with E-state index >= 15 is 0 Å². The summed E-state index contributed by atoms with van der Waals surface area (Å²) in [6, 6.07) is 5.37. The third-order valence-corrected chi connectivity index (χ3v) is 3.13. The Balaban J connectivity index is 1.79. The van der Waals surface area contributed by atoms with Gasteiger partial charge in [0.25, 0.3) is 5.91 Å². The molecule has 1 aliphatic heterocycles. The van der Waals surface area contributed by atoms with Gasteiger partial charge in [0.1, 0.15) is 11.5 Å². The Bertz CT molecular complexity index is 643. The molecule has 0 unspecified atom stereocenters. The topological polar surface area (TPSA) is 96.5 Å². The van der Waals surface area contributed by atoms with Crippen molar-refractivity contribution in [2.24, 2.45) is 0 Å². The second kappa shape index (κ2) is 7.39. The van der Waals surface area contributed by atoms with Crippen LogP contribution < -0.4 is 16.2 Å². The SMILES string of the molecule is C[C@H](NC(=O)COC(=O)C1=CCC(=O)NN1)c1ccc(F)cc1. The largest absolute Gasteiger partial charge is 0.451 e. The highest BCUT2D eigenvalue weighted by Crippen LogP contribution is 2.12. The molecule has 8 heteroatoms. The van der Waals surface area contributed by atoms with E-state index in [0.29, 0.717) is 0 Å². The number of carbonyl (C=O) groups excluding carboxylic acids is 3. The second-order valence-electron chi connectivity index (χ2n) is 4.91. The van der Waals surface area contributed by atoms with Crippen molar-refractivity contribution in [1.29, 1.82) is 0 Å². The van der Waals surface area contributed by atoms with Crippen molar-refractivity contribution < 1.29 is 23.5 Å². The molecule has 0 fully saturated rings. The van der Waals surface area contributed by atoms with E-state index in [9.17, 15) is 18.8 Å². The van der Waals surface area contributed by atoms with E-state index < -0.39 is 18.5 Å². The van der Waals surface area contributed by atoms with E-state index in [1.54, 1.807) is 19.1 Å². The van der Waals surface area contributed by atoms with E-state index in [0.717, 1.165) is 5.56 Å². The van der Waals surface area contributed by atoms with E-state index in [1.807, 2.05) is 0 Å². The molecule has 0 aliphatic carbocycles. The van der Waals surface area contributed by atoms with Gasteiger partial charge in [0, 0.05) is 6.42 Å². The summed E-state index contributed by atoms with van der Waals surface area (Å²) >= 11 is 0. The molecule has 1 aromatic carbocycles. The molecule has 7 nitrogen and oxygen atoms in total. The molecule has 23 heavy (non-hydrogen) atoms. The van der Waals surface area contributed by atoms with Crippen LogP contribution in [0.15, 0.2) is 36.0 Å². The number of hydrogen-bond acceptors (Lipinski definition) is 5. The number of amides is 2. The fourth-order valence-corrected chi connectivity index (χ4v) is 1.90. The maximum atomic E-state index is 12.8. The van der Waals surface area contributed by atoms with Gasteiger partial charge in [-0.2, -0.15) is 0 Å². The first kappa shape index (κ1) is 16.5. The number of rotatable bonds is 5. The lowest BCUT2D eigenvalue weighted by Crippen LogP contribution is -2.43. The molecule has 1 heterocycles. The van der Waals surface area contributed by atoms with Crippen molar-refractivity contribution in [3.63, 3.8) is 0 Å². The van der Waals surface area contributed by atoms with Crippen LogP contribution in [0.25, 0.3) is 0 Å². The van der Waals surface area contributed by atoms with Crippen molar-refractivity contribution in [2.45, 2.75) is 19.4 Å². The lowest BCUT2D eigenvalue weighted by atomic mass is 10.1. The van der Waals surface area contributed by atoms with Gasteiger partial charge in [0.15, 0.2) is 6.61 Å². The van der Waals surface area contributed by atoms with Gasteiger partial charge in [-0.15, -0.1) is 0 Å². The molecular weight excluding hydrogens is 305 g/mol.